The van der Waals surface area contributed by atoms with Gasteiger partial charge in [0, 0.05) is 11.1 Å². The molecule has 2 aromatic rings. The SMILES string of the molecule is Cc1csc(COc2ccc(CCl)nc2)n1. The summed E-state index contributed by atoms with van der Waals surface area (Å²) >= 11 is 7.24. The molecule has 2 heterocycles. The number of thiazole rings is 1. The van der Waals surface area contributed by atoms with Crippen LogP contribution in [0.1, 0.15) is 16.4 Å². The minimum atomic E-state index is 0.423. The van der Waals surface area contributed by atoms with E-state index in [0.717, 1.165) is 22.1 Å². The van der Waals surface area contributed by atoms with Crippen molar-refractivity contribution in [2.24, 2.45) is 0 Å². The zero-order valence-corrected chi connectivity index (χ0v) is 10.4. The average molecular weight is 255 g/mol. The first-order valence-electron chi connectivity index (χ1n) is 4.82. The van der Waals surface area contributed by atoms with E-state index < -0.39 is 0 Å². The lowest BCUT2D eigenvalue weighted by atomic mass is 10.4. The summed E-state index contributed by atoms with van der Waals surface area (Å²) in [7, 11) is 0. The molecule has 0 aliphatic rings. The Labute approximate surface area is 103 Å². The molecule has 0 atom stereocenters. The van der Waals surface area contributed by atoms with E-state index in [1.165, 1.54) is 0 Å². The second kappa shape index (κ2) is 5.27. The lowest BCUT2D eigenvalue weighted by Gasteiger charge is -2.03. The van der Waals surface area contributed by atoms with Crippen LogP contribution < -0.4 is 4.74 Å². The van der Waals surface area contributed by atoms with Crippen molar-refractivity contribution in [3.05, 3.63) is 40.1 Å². The Morgan fingerprint density at radius 1 is 1.44 bits per heavy atom. The average Bonchev–Trinajstić information content (AvgIpc) is 2.73. The van der Waals surface area contributed by atoms with Crippen molar-refractivity contribution in [2.75, 3.05) is 0 Å². The molecule has 0 amide bonds. The predicted molar refractivity (Wildman–Crippen MR) is 65.0 cm³/mol. The third-order valence-electron chi connectivity index (χ3n) is 1.96. The van der Waals surface area contributed by atoms with Gasteiger partial charge < -0.3 is 4.74 Å². The van der Waals surface area contributed by atoms with Gasteiger partial charge in [-0.15, -0.1) is 22.9 Å². The first kappa shape index (κ1) is 11.4. The van der Waals surface area contributed by atoms with Gasteiger partial charge in [0.1, 0.15) is 17.4 Å². The van der Waals surface area contributed by atoms with E-state index in [1.54, 1.807) is 17.5 Å². The number of nitrogens with zero attached hydrogens (tertiary/aromatic N) is 2. The molecule has 0 N–H and O–H groups in total. The molecule has 0 saturated carbocycles. The van der Waals surface area contributed by atoms with E-state index in [2.05, 4.69) is 9.97 Å². The molecule has 0 aromatic carbocycles. The normalized spacial score (nSPS) is 10.4. The van der Waals surface area contributed by atoms with Crippen molar-refractivity contribution in [3.8, 4) is 5.75 Å². The molecule has 0 aliphatic carbocycles. The van der Waals surface area contributed by atoms with Crippen LogP contribution in [0, 0.1) is 6.92 Å². The van der Waals surface area contributed by atoms with Crippen molar-refractivity contribution < 1.29 is 4.74 Å². The van der Waals surface area contributed by atoms with Crippen LogP contribution in [0.4, 0.5) is 0 Å². The summed E-state index contributed by atoms with van der Waals surface area (Å²) in [5, 5.41) is 2.98. The fourth-order valence-electron chi connectivity index (χ4n) is 1.19. The fraction of sp³-hybridized carbons (Fsp3) is 0.273. The van der Waals surface area contributed by atoms with Gasteiger partial charge in [0.2, 0.25) is 0 Å². The van der Waals surface area contributed by atoms with Gasteiger partial charge >= 0.3 is 0 Å². The maximum absolute atomic E-state index is 5.64. The first-order chi connectivity index (χ1) is 7.78. The minimum Gasteiger partial charge on any atom is -0.485 e. The zero-order chi connectivity index (χ0) is 11.4. The van der Waals surface area contributed by atoms with Gasteiger partial charge in [0.25, 0.3) is 0 Å². The van der Waals surface area contributed by atoms with Crippen LogP contribution in [-0.2, 0) is 12.5 Å². The predicted octanol–water partition coefficient (Wildman–Crippen LogP) is 3.16. The molecular weight excluding hydrogens is 244 g/mol. The number of pyridine rings is 1. The highest BCUT2D eigenvalue weighted by Gasteiger charge is 2.00. The number of halogens is 1. The van der Waals surface area contributed by atoms with Crippen LogP contribution in [0.5, 0.6) is 5.75 Å². The smallest absolute Gasteiger partial charge is 0.140 e. The van der Waals surface area contributed by atoms with Crippen molar-refractivity contribution in [2.45, 2.75) is 19.4 Å². The molecule has 0 unspecified atom stereocenters. The zero-order valence-electron chi connectivity index (χ0n) is 8.81. The molecule has 3 nitrogen and oxygen atoms in total. The monoisotopic (exact) mass is 254 g/mol. The Morgan fingerprint density at radius 2 is 2.31 bits per heavy atom. The second-order valence-corrected chi connectivity index (χ2v) is 4.50. The number of ether oxygens (including phenoxy) is 1. The summed E-state index contributed by atoms with van der Waals surface area (Å²) in [5.74, 6) is 1.16. The summed E-state index contributed by atoms with van der Waals surface area (Å²) in [6.45, 7) is 2.46. The van der Waals surface area contributed by atoms with Crippen molar-refractivity contribution >= 4 is 22.9 Å². The van der Waals surface area contributed by atoms with Crippen molar-refractivity contribution in [1.29, 1.82) is 0 Å². The number of hydrogen-bond acceptors (Lipinski definition) is 4. The topological polar surface area (TPSA) is 35.0 Å². The number of aryl methyl sites for hydroxylation is 1. The van der Waals surface area contributed by atoms with Crippen LogP contribution in [-0.4, -0.2) is 9.97 Å². The molecule has 84 valence electrons. The van der Waals surface area contributed by atoms with E-state index in [0.29, 0.717) is 12.5 Å². The summed E-state index contributed by atoms with van der Waals surface area (Å²) < 4.78 is 5.55. The third-order valence-corrected chi connectivity index (χ3v) is 3.18. The Hall–Kier alpha value is -1.13. The van der Waals surface area contributed by atoms with E-state index >= 15 is 0 Å². The molecule has 2 rings (SSSR count). The van der Waals surface area contributed by atoms with Gasteiger partial charge in [-0.05, 0) is 19.1 Å². The summed E-state index contributed by atoms with van der Waals surface area (Å²) in [4.78, 5) is 8.45. The standard InChI is InChI=1S/C11H11ClN2OS/c1-8-7-16-11(14-8)6-15-10-3-2-9(4-12)13-5-10/h2-3,5,7H,4,6H2,1H3. The number of hydrogen-bond donors (Lipinski definition) is 0. The van der Waals surface area contributed by atoms with E-state index in [9.17, 15) is 0 Å². The maximum atomic E-state index is 5.64. The number of rotatable bonds is 4. The largest absolute Gasteiger partial charge is 0.485 e. The maximum Gasteiger partial charge on any atom is 0.140 e. The van der Waals surface area contributed by atoms with Crippen LogP contribution in [0.2, 0.25) is 0 Å². The quantitative estimate of drug-likeness (QED) is 0.786. The lowest BCUT2D eigenvalue weighted by Crippen LogP contribution is -1.96. The molecule has 0 saturated heterocycles. The first-order valence-corrected chi connectivity index (χ1v) is 6.24. The molecule has 5 heteroatoms. The molecular formula is C11H11ClN2OS. The Kier molecular flexibility index (Phi) is 3.74. The van der Waals surface area contributed by atoms with Gasteiger partial charge in [-0.2, -0.15) is 0 Å². The van der Waals surface area contributed by atoms with Gasteiger partial charge in [-0.25, -0.2) is 4.98 Å². The third kappa shape index (κ3) is 2.93. The Morgan fingerprint density at radius 3 is 2.88 bits per heavy atom. The number of alkyl halides is 1. The highest BCUT2D eigenvalue weighted by molar-refractivity contribution is 7.09. The van der Waals surface area contributed by atoms with E-state index in [-0.39, 0.29) is 0 Å². The summed E-state index contributed by atoms with van der Waals surface area (Å²) in [5.41, 5.74) is 1.87. The van der Waals surface area contributed by atoms with Crippen molar-refractivity contribution in [1.82, 2.24) is 9.97 Å². The van der Waals surface area contributed by atoms with Crippen molar-refractivity contribution in [3.63, 3.8) is 0 Å². The minimum absolute atomic E-state index is 0.423. The summed E-state index contributed by atoms with van der Waals surface area (Å²) in [6.07, 6.45) is 1.68. The highest BCUT2D eigenvalue weighted by atomic mass is 35.5. The molecule has 0 spiro atoms. The molecule has 2 aromatic heterocycles. The highest BCUT2D eigenvalue weighted by Crippen LogP contribution is 2.14. The molecule has 0 bridgehead atoms. The van der Waals surface area contributed by atoms with Gasteiger partial charge in [0.15, 0.2) is 0 Å². The van der Waals surface area contributed by atoms with Crippen LogP contribution in [0.15, 0.2) is 23.7 Å². The van der Waals surface area contributed by atoms with Gasteiger partial charge in [-0.3, -0.25) is 4.98 Å². The lowest BCUT2D eigenvalue weighted by molar-refractivity contribution is 0.304. The van der Waals surface area contributed by atoms with Crippen LogP contribution >= 0.6 is 22.9 Å². The second-order valence-electron chi connectivity index (χ2n) is 3.29. The van der Waals surface area contributed by atoms with E-state index in [1.807, 2.05) is 24.4 Å². The van der Waals surface area contributed by atoms with Crippen LogP contribution in [0.3, 0.4) is 0 Å². The molecule has 0 aliphatic heterocycles. The molecule has 16 heavy (non-hydrogen) atoms. The fourth-order valence-corrected chi connectivity index (χ4v) is 2.03. The van der Waals surface area contributed by atoms with Crippen LogP contribution in [0.25, 0.3) is 0 Å². The Bertz CT molecular complexity index is 455. The molecule has 0 radical (unpaired) electrons. The summed E-state index contributed by atoms with van der Waals surface area (Å²) in [6, 6.07) is 3.72. The molecule has 0 fully saturated rings. The Balaban J connectivity index is 1.94. The van der Waals surface area contributed by atoms with E-state index in [4.69, 9.17) is 16.3 Å². The van der Waals surface area contributed by atoms with Gasteiger partial charge in [-0.1, -0.05) is 0 Å². The number of aromatic nitrogens is 2. The van der Waals surface area contributed by atoms with Gasteiger partial charge in [0.05, 0.1) is 17.8 Å².